The van der Waals surface area contributed by atoms with E-state index in [9.17, 15) is 0 Å². The third-order valence-electron chi connectivity index (χ3n) is 4.41. The Morgan fingerprint density at radius 1 is 1.21 bits per heavy atom. The van der Waals surface area contributed by atoms with Crippen LogP contribution in [0.4, 0.5) is 5.69 Å². The number of piperidine rings is 1. The Morgan fingerprint density at radius 3 is 2.47 bits per heavy atom. The van der Waals surface area contributed by atoms with Gasteiger partial charge >= 0.3 is 0 Å². The molecule has 4 heteroatoms. The van der Waals surface area contributed by atoms with Crippen molar-refractivity contribution < 1.29 is 0 Å². The molecule has 2 nitrogen and oxygen atoms in total. The Hall–Kier alpha value is -0.0600. The van der Waals surface area contributed by atoms with Crippen molar-refractivity contribution in [3.63, 3.8) is 0 Å². The normalized spacial score (nSPS) is 29.8. The van der Waals surface area contributed by atoms with Crippen LogP contribution in [0.15, 0.2) is 27.1 Å². The van der Waals surface area contributed by atoms with Crippen LogP contribution in [-0.4, -0.2) is 24.7 Å². The van der Waals surface area contributed by atoms with Gasteiger partial charge in [-0.05, 0) is 66.4 Å². The van der Waals surface area contributed by atoms with Gasteiger partial charge in [0.1, 0.15) is 0 Å². The number of halogens is 2. The zero-order chi connectivity index (χ0) is 13.4. The van der Waals surface area contributed by atoms with Crippen molar-refractivity contribution >= 4 is 37.5 Å². The van der Waals surface area contributed by atoms with Crippen LogP contribution < -0.4 is 10.2 Å². The standard InChI is InChI=1S/C15H20Br2N2/c1-2-18-11-8-12-4-5-13(9-11)19(12)15-6-3-10(16)7-14(15)17/h3,6-7,11-13,18H,2,4-5,8-9H2,1H3. The van der Waals surface area contributed by atoms with E-state index < -0.39 is 0 Å². The molecule has 1 aromatic carbocycles. The second kappa shape index (κ2) is 5.74. The first-order valence-electron chi connectivity index (χ1n) is 7.15. The van der Waals surface area contributed by atoms with Gasteiger partial charge in [0, 0.05) is 27.1 Å². The average Bonchev–Trinajstić information content (AvgIpc) is 2.63. The SMILES string of the molecule is CCNC1CC2CCC(C1)N2c1ccc(Br)cc1Br. The predicted octanol–water partition coefficient (Wildman–Crippen LogP) is 4.32. The predicted molar refractivity (Wildman–Crippen MR) is 87.8 cm³/mol. The summed E-state index contributed by atoms with van der Waals surface area (Å²) >= 11 is 7.26. The van der Waals surface area contributed by atoms with Crippen LogP contribution in [0.25, 0.3) is 0 Å². The maximum Gasteiger partial charge on any atom is 0.0516 e. The quantitative estimate of drug-likeness (QED) is 0.830. The molecule has 1 N–H and O–H groups in total. The molecule has 2 aliphatic rings. The van der Waals surface area contributed by atoms with Crippen LogP contribution in [-0.2, 0) is 0 Å². The van der Waals surface area contributed by atoms with Crippen LogP contribution in [0.5, 0.6) is 0 Å². The molecule has 3 rings (SSSR count). The minimum Gasteiger partial charge on any atom is -0.365 e. The summed E-state index contributed by atoms with van der Waals surface area (Å²) in [6.07, 6.45) is 5.25. The summed E-state index contributed by atoms with van der Waals surface area (Å²) in [5, 5.41) is 3.64. The highest BCUT2D eigenvalue weighted by atomic mass is 79.9. The van der Waals surface area contributed by atoms with E-state index in [0.717, 1.165) is 11.0 Å². The van der Waals surface area contributed by atoms with Crippen LogP contribution in [0.1, 0.15) is 32.6 Å². The lowest BCUT2D eigenvalue weighted by atomic mass is 9.96. The summed E-state index contributed by atoms with van der Waals surface area (Å²) in [7, 11) is 0. The number of hydrogen-bond donors (Lipinski definition) is 1. The summed E-state index contributed by atoms with van der Waals surface area (Å²) in [4.78, 5) is 2.66. The van der Waals surface area contributed by atoms with Gasteiger partial charge in [0.15, 0.2) is 0 Å². The third-order valence-corrected chi connectivity index (χ3v) is 5.54. The molecule has 0 spiro atoms. The lowest BCUT2D eigenvalue weighted by Crippen LogP contribution is -2.49. The smallest absolute Gasteiger partial charge is 0.0516 e. The highest BCUT2D eigenvalue weighted by Crippen LogP contribution is 2.42. The van der Waals surface area contributed by atoms with E-state index in [2.05, 4.69) is 67.2 Å². The maximum atomic E-state index is 3.72. The number of nitrogens with one attached hydrogen (secondary N) is 1. The molecule has 0 amide bonds. The first kappa shape index (κ1) is 13.9. The second-order valence-electron chi connectivity index (χ2n) is 5.61. The van der Waals surface area contributed by atoms with E-state index in [1.807, 2.05) is 0 Å². The van der Waals surface area contributed by atoms with Gasteiger partial charge in [0.05, 0.1) is 5.69 Å². The van der Waals surface area contributed by atoms with Crippen molar-refractivity contribution in [3.05, 3.63) is 27.1 Å². The Balaban J connectivity index is 1.83. The number of benzene rings is 1. The molecular formula is C15H20Br2N2. The lowest BCUT2D eigenvalue weighted by molar-refractivity contribution is 0.361. The molecule has 19 heavy (non-hydrogen) atoms. The molecular weight excluding hydrogens is 368 g/mol. The van der Waals surface area contributed by atoms with Crippen molar-refractivity contribution in [2.24, 2.45) is 0 Å². The average molecular weight is 388 g/mol. The van der Waals surface area contributed by atoms with E-state index in [0.29, 0.717) is 18.1 Å². The van der Waals surface area contributed by atoms with Crippen LogP contribution >= 0.6 is 31.9 Å². The van der Waals surface area contributed by atoms with Gasteiger partial charge in [-0.1, -0.05) is 22.9 Å². The first-order valence-corrected chi connectivity index (χ1v) is 8.74. The number of anilines is 1. The van der Waals surface area contributed by atoms with Gasteiger partial charge in [-0.25, -0.2) is 0 Å². The summed E-state index contributed by atoms with van der Waals surface area (Å²) in [6, 6.07) is 8.68. The van der Waals surface area contributed by atoms with Gasteiger partial charge in [-0.3, -0.25) is 0 Å². The Morgan fingerprint density at radius 2 is 1.89 bits per heavy atom. The van der Waals surface area contributed by atoms with E-state index in [-0.39, 0.29) is 0 Å². The molecule has 0 aromatic heterocycles. The van der Waals surface area contributed by atoms with Crippen molar-refractivity contribution in [3.8, 4) is 0 Å². The molecule has 2 heterocycles. The number of fused-ring (bicyclic) bond motifs is 2. The Labute approximate surface area is 132 Å². The molecule has 2 bridgehead atoms. The molecule has 104 valence electrons. The van der Waals surface area contributed by atoms with Crippen LogP contribution in [0.3, 0.4) is 0 Å². The molecule has 2 saturated heterocycles. The van der Waals surface area contributed by atoms with Gasteiger partial charge in [-0.2, -0.15) is 0 Å². The zero-order valence-electron chi connectivity index (χ0n) is 11.2. The molecule has 2 aliphatic heterocycles. The summed E-state index contributed by atoms with van der Waals surface area (Å²) in [6.45, 7) is 3.30. The van der Waals surface area contributed by atoms with Gasteiger partial charge in [0.2, 0.25) is 0 Å². The fourth-order valence-electron chi connectivity index (χ4n) is 3.72. The summed E-state index contributed by atoms with van der Waals surface area (Å²) in [5.74, 6) is 0. The van der Waals surface area contributed by atoms with Crippen molar-refractivity contribution in [1.29, 1.82) is 0 Å². The largest absolute Gasteiger partial charge is 0.365 e. The minimum absolute atomic E-state index is 0.709. The maximum absolute atomic E-state index is 3.72. The number of hydrogen-bond acceptors (Lipinski definition) is 2. The molecule has 0 radical (unpaired) electrons. The zero-order valence-corrected chi connectivity index (χ0v) is 14.4. The topological polar surface area (TPSA) is 15.3 Å². The van der Waals surface area contributed by atoms with Crippen molar-refractivity contribution in [2.75, 3.05) is 11.4 Å². The summed E-state index contributed by atoms with van der Waals surface area (Å²) in [5.41, 5.74) is 1.37. The van der Waals surface area contributed by atoms with Gasteiger partial charge in [-0.15, -0.1) is 0 Å². The Kier molecular flexibility index (Phi) is 4.20. The van der Waals surface area contributed by atoms with Gasteiger partial charge < -0.3 is 10.2 Å². The van der Waals surface area contributed by atoms with E-state index in [1.54, 1.807) is 0 Å². The lowest BCUT2D eigenvalue weighted by Gasteiger charge is -2.41. The second-order valence-corrected chi connectivity index (χ2v) is 7.38. The van der Waals surface area contributed by atoms with Crippen LogP contribution in [0.2, 0.25) is 0 Å². The number of rotatable bonds is 3. The van der Waals surface area contributed by atoms with E-state index in [1.165, 1.54) is 35.8 Å². The molecule has 0 saturated carbocycles. The number of nitrogens with zero attached hydrogens (tertiary/aromatic N) is 1. The van der Waals surface area contributed by atoms with Crippen molar-refractivity contribution in [2.45, 2.75) is 50.7 Å². The highest BCUT2D eigenvalue weighted by molar-refractivity contribution is 9.11. The summed E-state index contributed by atoms with van der Waals surface area (Å²) < 4.78 is 2.35. The van der Waals surface area contributed by atoms with E-state index >= 15 is 0 Å². The third kappa shape index (κ3) is 2.72. The van der Waals surface area contributed by atoms with Crippen LogP contribution in [0, 0.1) is 0 Å². The Bertz CT molecular complexity index is 449. The minimum atomic E-state index is 0.709. The van der Waals surface area contributed by atoms with E-state index in [4.69, 9.17) is 0 Å². The molecule has 1 aromatic rings. The first-order chi connectivity index (χ1) is 9.19. The van der Waals surface area contributed by atoms with Gasteiger partial charge in [0.25, 0.3) is 0 Å². The fourth-order valence-corrected chi connectivity index (χ4v) is 4.97. The molecule has 2 atom stereocenters. The molecule has 2 fully saturated rings. The van der Waals surface area contributed by atoms with Crippen molar-refractivity contribution in [1.82, 2.24) is 5.32 Å². The molecule has 2 unspecified atom stereocenters. The fraction of sp³-hybridized carbons (Fsp3) is 0.600. The molecule has 0 aliphatic carbocycles. The monoisotopic (exact) mass is 386 g/mol. The highest BCUT2D eigenvalue weighted by Gasteiger charge is 2.40.